The highest BCUT2D eigenvalue weighted by Crippen LogP contribution is 2.55. The molecule has 1 amide bonds. The van der Waals surface area contributed by atoms with E-state index in [1.165, 1.54) is 70.6 Å². The van der Waals surface area contributed by atoms with E-state index in [-0.39, 0.29) is 11.4 Å². The van der Waals surface area contributed by atoms with Gasteiger partial charge in [-0.15, -0.1) is 0 Å². The largest absolute Gasteiger partial charge is 0.351 e. The van der Waals surface area contributed by atoms with Gasteiger partial charge in [-0.3, -0.25) is 4.79 Å². The number of imidazole rings is 1. The SMILES string of the molecule is O=C(NC12CC3CC(CC(C3)C1)C2)c1[nH]c(CNCC2CCCCC2)c2cccc[n+]12. The van der Waals surface area contributed by atoms with E-state index in [1.807, 2.05) is 16.7 Å². The molecular formula is C26H37N4O+. The maximum absolute atomic E-state index is 13.5. The first-order valence-corrected chi connectivity index (χ1v) is 12.7. The number of fused-ring (bicyclic) bond motifs is 1. The second-order valence-corrected chi connectivity index (χ2v) is 11.2. The maximum atomic E-state index is 13.5. The normalized spacial score (nSPS) is 32.6. The smallest absolute Gasteiger partial charge is 0.340 e. The Balaban J connectivity index is 1.19. The molecule has 5 nitrogen and oxygen atoms in total. The van der Waals surface area contributed by atoms with Crippen LogP contribution in [0.1, 0.15) is 86.9 Å². The summed E-state index contributed by atoms with van der Waals surface area (Å²) in [6, 6.07) is 6.20. The van der Waals surface area contributed by atoms with Crippen LogP contribution in [0.15, 0.2) is 24.4 Å². The summed E-state index contributed by atoms with van der Waals surface area (Å²) < 4.78 is 2.05. The summed E-state index contributed by atoms with van der Waals surface area (Å²) in [6.07, 6.45) is 16.6. The molecule has 2 aromatic rings. The number of carbonyl (C=O) groups excluding carboxylic acids is 1. The minimum absolute atomic E-state index is 0.0397. The van der Waals surface area contributed by atoms with Gasteiger partial charge in [-0.25, -0.2) is 4.98 Å². The number of hydrogen-bond donors (Lipinski definition) is 3. The molecule has 166 valence electrons. The zero-order chi connectivity index (χ0) is 20.8. The Hall–Kier alpha value is -1.88. The lowest BCUT2D eigenvalue weighted by Crippen LogP contribution is -2.60. The molecule has 0 saturated heterocycles. The minimum Gasteiger partial charge on any atom is -0.340 e. The number of nitrogens with zero attached hydrogens (tertiary/aromatic N) is 1. The number of carbonyl (C=O) groups is 1. The van der Waals surface area contributed by atoms with Crippen LogP contribution in [0.2, 0.25) is 0 Å². The van der Waals surface area contributed by atoms with Crippen LogP contribution in [0.4, 0.5) is 0 Å². The van der Waals surface area contributed by atoms with E-state index in [0.29, 0.717) is 5.82 Å². The van der Waals surface area contributed by atoms with Crippen molar-refractivity contribution < 1.29 is 9.20 Å². The quantitative estimate of drug-likeness (QED) is 0.615. The van der Waals surface area contributed by atoms with Crippen molar-refractivity contribution in [3.05, 3.63) is 35.9 Å². The monoisotopic (exact) mass is 421 g/mol. The molecule has 5 heteroatoms. The molecule has 0 radical (unpaired) electrons. The third-order valence-electron chi connectivity index (χ3n) is 8.77. The van der Waals surface area contributed by atoms with Crippen LogP contribution in [0.25, 0.3) is 5.52 Å². The number of amides is 1. The van der Waals surface area contributed by atoms with Crippen LogP contribution in [0, 0.1) is 23.7 Å². The fourth-order valence-electron chi connectivity index (χ4n) is 7.81. The Bertz CT molecular complexity index is 922. The van der Waals surface area contributed by atoms with Crippen molar-refractivity contribution in [2.24, 2.45) is 23.7 Å². The van der Waals surface area contributed by atoms with E-state index in [9.17, 15) is 4.79 Å². The van der Waals surface area contributed by atoms with Gasteiger partial charge in [0.25, 0.3) is 0 Å². The number of H-pyrrole nitrogens is 1. The van der Waals surface area contributed by atoms with Crippen molar-refractivity contribution in [1.29, 1.82) is 0 Å². The highest BCUT2D eigenvalue weighted by molar-refractivity contribution is 5.90. The molecule has 0 unspecified atom stereocenters. The molecule has 0 atom stereocenters. The van der Waals surface area contributed by atoms with Crippen LogP contribution in [-0.2, 0) is 6.54 Å². The van der Waals surface area contributed by atoms with E-state index in [2.05, 4.69) is 27.8 Å². The van der Waals surface area contributed by atoms with Crippen LogP contribution >= 0.6 is 0 Å². The molecule has 3 N–H and O–H groups in total. The molecule has 5 fully saturated rings. The molecule has 5 aliphatic carbocycles. The topological polar surface area (TPSA) is 61.0 Å². The number of aromatic amines is 1. The zero-order valence-electron chi connectivity index (χ0n) is 18.7. The van der Waals surface area contributed by atoms with Gasteiger partial charge in [-0.2, -0.15) is 4.40 Å². The highest BCUT2D eigenvalue weighted by atomic mass is 16.2. The van der Waals surface area contributed by atoms with Crippen LogP contribution < -0.4 is 15.0 Å². The molecule has 5 aliphatic rings. The Labute approximate surface area is 185 Å². The predicted octanol–water partition coefficient (Wildman–Crippen LogP) is 4.12. The average molecular weight is 422 g/mol. The van der Waals surface area contributed by atoms with Gasteiger partial charge in [0.15, 0.2) is 11.2 Å². The first kappa shape index (κ1) is 19.8. The second kappa shape index (κ2) is 7.91. The number of rotatable bonds is 6. The highest BCUT2D eigenvalue weighted by Gasteiger charge is 2.52. The fraction of sp³-hybridized carbons (Fsp3) is 0.692. The van der Waals surface area contributed by atoms with Crippen molar-refractivity contribution in [1.82, 2.24) is 15.6 Å². The summed E-state index contributed by atoms with van der Waals surface area (Å²) >= 11 is 0. The van der Waals surface area contributed by atoms with Gasteiger partial charge in [-0.1, -0.05) is 25.3 Å². The molecule has 0 aliphatic heterocycles. The van der Waals surface area contributed by atoms with Crippen molar-refractivity contribution >= 4 is 11.4 Å². The van der Waals surface area contributed by atoms with E-state index in [4.69, 9.17) is 0 Å². The van der Waals surface area contributed by atoms with Gasteiger partial charge in [-0.05, 0) is 93.7 Å². The van der Waals surface area contributed by atoms with Crippen LogP contribution in [-0.4, -0.2) is 23.0 Å². The number of hydrogen-bond acceptors (Lipinski definition) is 2. The lowest BCUT2D eigenvalue weighted by molar-refractivity contribution is -0.514. The first-order chi connectivity index (χ1) is 15.2. The van der Waals surface area contributed by atoms with Crippen molar-refractivity contribution in [2.45, 2.75) is 82.7 Å². The molecule has 0 spiro atoms. The van der Waals surface area contributed by atoms with E-state index in [1.54, 1.807) is 0 Å². The molecular weight excluding hydrogens is 384 g/mol. The standard InChI is InChI=1S/C26H36N4O/c31-25(29-26-13-19-10-20(14-26)12-21(11-19)15-26)24-28-22(23-8-4-5-9-30(23)24)17-27-16-18-6-2-1-3-7-18/h4-5,8-9,18-21,27H,1-3,6-7,10-17H2,(H,29,31)/p+1. The van der Waals surface area contributed by atoms with Crippen molar-refractivity contribution in [2.75, 3.05) is 6.54 Å². The average Bonchev–Trinajstić information content (AvgIpc) is 3.12. The lowest BCUT2D eigenvalue weighted by atomic mass is 9.53. The predicted molar refractivity (Wildman–Crippen MR) is 121 cm³/mol. The molecule has 2 heterocycles. The van der Waals surface area contributed by atoms with Crippen molar-refractivity contribution in [3.8, 4) is 0 Å². The summed E-state index contributed by atoms with van der Waals surface area (Å²) in [4.78, 5) is 17.0. The zero-order valence-corrected chi connectivity index (χ0v) is 18.7. The van der Waals surface area contributed by atoms with Crippen LogP contribution in [0.5, 0.6) is 0 Å². The molecule has 5 saturated carbocycles. The summed E-state index contributed by atoms with van der Waals surface area (Å²) in [6.45, 7) is 1.86. The molecule has 2 aromatic heterocycles. The third-order valence-corrected chi connectivity index (χ3v) is 8.77. The fourth-order valence-corrected chi connectivity index (χ4v) is 7.81. The minimum atomic E-state index is 0.0397. The van der Waals surface area contributed by atoms with Gasteiger partial charge in [0, 0.05) is 5.54 Å². The van der Waals surface area contributed by atoms with Gasteiger partial charge in [0.05, 0.1) is 12.7 Å². The molecule has 0 aromatic carbocycles. The second-order valence-electron chi connectivity index (χ2n) is 11.2. The van der Waals surface area contributed by atoms with E-state index in [0.717, 1.165) is 48.0 Å². The Morgan fingerprint density at radius 1 is 1.03 bits per heavy atom. The first-order valence-electron chi connectivity index (χ1n) is 12.7. The number of pyridine rings is 1. The summed E-state index contributed by atoms with van der Waals surface area (Å²) in [5, 5.41) is 7.21. The van der Waals surface area contributed by atoms with Crippen LogP contribution in [0.3, 0.4) is 0 Å². The van der Waals surface area contributed by atoms with Crippen molar-refractivity contribution in [3.63, 3.8) is 0 Å². The maximum Gasteiger partial charge on any atom is 0.351 e. The number of aromatic nitrogens is 2. The van der Waals surface area contributed by atoms with Gasteiger partial charge < -0.3 is 10.6 Å². The lowest BCUT2D eigenvalue weighted by Gasteiger charge is -2.56. The number of nitrogens with one attached hydrogen (secondary N) is 3. The Kier molecular flexibility index (Phi) is 5.05. The Morgan fingerprint density at radius 2 is 1.74 bits per heavy atom. The van der Waals surface area contributed by atoms with E-state index >= 15 is 0 Å². The molecule has 4 bridgehead atoms. The Morgan fingerprint density at radius 3 is 2.45 bits per heavy atom. The summed E-state index contributed by atoms with van der Waals surface area (Å²) in [5.41, 5.74) is 2.26. The third kappa shape index (κ3) is 3.79. The summed E-state index contributed by atoms with van der Waals surface area (Å²) in [5.74, 6) is 4.06. The van der Waals surface area contributed by atoms with E-state index < -0.39 is 0 Å². The van der Waals surface area contributed by atoms with Gasteiger partial charge >= 0.3 is 11.7 Å². The summed E-state index contributed by atoms with van der Waals surface area (Å²) in [7, 11) is 0. The van der Waals surface area contributed by atoms with Gasteiger partial charge in [0.2, 0.25) is 0 Å². The molecule has 7 rings (SSSR count). The molecule has 31 heavy (non-hydrogen) atoms. The van der Waals surface area contributed by atoms with Gasteiger partial charge in [0.1, 0.15) is 0 Å².